The molecular weight excluding hydrogens is 362 g/mol. The number of carbonyl (C=O) groups is 2. The third-order valence-electron chi connectivity index (χ3n) is 5.08. The van der Waals surface area contributed by atoms with Crippen LogP contribution < -0.4 is 9.47 Å². The Morgan fingerprint density at radius 3 is 2.57 bits per heavy atom. The number of aliphatic carboxylic acids is 1. The quantitative estimate of drug-likeness (QED) is 0.781. The molecule has 0 aliphatic carbocycles. The molecule has 0 saturated heterocycles. The van der Waals surface area contributed by atoms with Gasteiger partial charge in [0.1, 0.15) is 0 Å². The number of ether oxygens (including phenoxy) is 2. The highest BCUT2D eigenvalue weighted by Gasteiger charge is 2.33. The van der Waals surface area contributed by atoms with Gasteiger partial charge in [-0.3, -0.25) is 14.3 Å². The van der Waals surface area contributed by atoms with Crippen molar-refractivity contribution >= 4 is 11.9 Å². The van der Waals surface area contributed by atoms with E-state index in [0.717, 1.165) is 16.7 Å². The average molecular weight is 387 g/mol. The number of carboxylic acid groups (broad SMARTS) is 1. The molecule has 0 bridgehead atoms. The number of fused-ring (bicyclic) bond motifs is 1. The summed E-state index contributed by atoms with van der Waals surface area (Å²) in [6.45, 7) is 0.478. The van der Waals surface area contributed by atoms with E-state index < -0.39 is 12.0 Å². The lowest BCUT2D eigenvalue weighted by atomic mass is 9.89. The molecule has 1 atom stereocenters. The Morgan fingerprint density at radius 2 is 1.96 bits per heavy atom. The van der Waals surface area contributed by atoms with Crippen LogP contribution >= 0.6 is 0 Å². The molecule has 1 aliphatic rings. The molecule has 1 aromatic heterocycles. The summed E-state index contributed by atoms with van der Waals surface area (Å²) in [5, 5.41) is 13.5. The molecule has 1 aliphatic heterocycles. The zero-order valence-corrected chi connectivity index (χ0v) is 16.3. The molecule has 2 heterocycles. The summed E-state index contributed by atoms with van der Waals surface area (Å²) in [4.78, 5) is 26.1. The van der Waals surface area contributed by atoms with Crippen LogP contribution in [0.1, 0.15) is 35.6 Å². The molecule has 28 heavy (non-hydrogen) atoms. The van der Waals surface area contributed by atoms with Gasteiger partial charge < -0.3 is 19.5 Å². The summed E-state index contributed by atoms with van der Waals surface area (Å²) in [7, 11) is 4.93. The van der Waals surface area contributed by atoms with E-state index in [9.17, 15) is 14.7 Å². The number of aryl methyl sites for hydroxylation is 2. The highest BCUT2D eigenvalue weighted by Crippen LogP contribution is 2.39. The van der Waals surface area contributed by atoms with E-state index in [4.69, 9.17) is 9.47 Å². The minimum Gasteiger partial charge on any atom is -0.493 e. The van der Waals surface area contributed by atoms with Crippen LogP contribution in [0.4, 0.5) is 0 Å². The number of rotatable bonds is 7. The van der Waals surface area contributed by atoms with Crippen molar-refractivity contribution in [2.75, 3.05) is 20.8 Å². The Hall–Kier alpha value is -3.03. The molecule has 150 valence electrons. The fourth-order valence-electron chi connectivity index (χ4n) is 3.71. The minimum absolute atomic E-state index is 0.0597. The third kappa shape index (κ3) is 4.11. The van der Waals surface area contributed by atoms with E-state index in [2.05, 4.69) is 5.10 Å². The van der Waals surface area contributed by atoms with Gasteiger partial charge in [-0.2, -0.15) is 5.10 Å². The van der Waals surface area contributed by atoms with E-state index in [0.29, 0.717) is 37.3 Å². The lowest BCUT2D eigenvalue weighted by molar-refractivity contribution is -0.141. The second-order valence-electron chi connectivity index (χ2n) is 6.88. The number of carbonyl (C=O) groups excluding carboxylic acids is 1. The van der Waals surface area contributed by atoms with E-state index in [1.807, 2.05) is 19.3 Å². The van der Waals surface area contributed by atoms with Crippen LogP contribution in [0.3, 0.4) is 0 Å². The number of amides is 1. The monoisotopic (exact) mass is 387 g/mol. The second-order valence-corrected chi connectivity index (χ2v) is 6.88. The first-order valence-corrected chi connectivity index (χ1v) is 9.16. The van der Waals surface area contributed by atoms with Crippen molar-refractivity contribution in [3.63, 3.8) is 0 Å². The van der Waals surface area contributed by atoms with Crippen molar-refractivity contribution in [1.29, 1.82) is 0 Å². The van der Waals surface area contributed by atoms with Gasteiger partial charge in [-0.25, -0.2) is 0 Å². The van der Waals surface area contributed by atoms with Gasteiger partial charge in [0, 0.05) is 26.2 Å². The van der Waals surface area contributed by atoms with Crippen molar-refractivity contribution in [1.82, 2.24) is 14.7 Å². The standard InChI is InChI=1S/C20H25N3O5/c1-22-12-13(11-21-22)4-5-19(24)23-7-6-14-8-17(27-2)18(28-3)9-15(14)16(23)10-20(25)26/h8-9,11-12,16H,4-7,10H2,1-3H3,(H,25,26)/t16-/m0/s1. The SMILES string of the molecule is COc1cc2c(cc1OC)[C@H](CC(=O)O)N(C(=O)CCc1cnn(C)c1)CC2. The largest absolute Gasteiger partial charge is 0.493 e. The number of hydrogen-bond acceptors (Lipinski definition) is 5. The van der Waals surface area contributed by atoms with E-state index in [1.165, 1.54) is 7.11 Å². The third-order valence-corrected chi connectivity index (χ3v) is 5.08. The molecule has 8 heteroatoms. The second kappa shape index (κ2) is 8.33. The zero-order valence-electron chi connectivity index (χ0n) is 16.3. The van der Waals surface area contributed by atoms with Gasteiger partial charge in [-0.15, -0.1) is 0 Å². The van der Waals surface area contributed by atoms with Crippen LogP contribution in [0.25, 0.3) is 0 Å². The molecule has 0 fully saturated rings. The Morgan fingerprint density at radius 1 is 1.25 bits per heavy atom. The lowest BCUT2D eigenvalue weighted by Gasteiger charge is -2.37. The predicted molar refractivity (Wildman–Crippen MR) is 101 cm³/mol. The highest BCUT2D eigenvalue weighted by atomic mass is 16.5. The average Bonchev–Trinajstić information content (AvgIpc) is 3.10. The summed E-state index contributed by atoms with van der Waals surface area (Å²) in [5.74, 6) is 0.126. The number of benzene rings is 1. The number of methoxy groups -OCH3 is 2. The van der Waals surface area contributed by atoms with Crippen molar-refractivity contribution < 1.29 is 24.2 Å². The van der Waals surface area contributed by atoms with Gasteiger partial charge in [0.15, 0.2) is 11.5 Å². The van der Waals surface area contributed by atoms with Gasteiger partial charge in [0.25, 0.3) is 0 Å². The van der Waals surface area contributed by atoms with Crippen molar-refractivity contribution in [3.05, 3.63) is 41.2 Å². The van der Waals surface area contributed by atoms with Crippen LogP contribution in [0.15, 0.2) is 24.5 Å². The molecule has 1 N–H and O–H groups in total. The van der Waals surface area contributed by atoms with Crippen molar-refractivity contribution in [2.24, 2.45) is 7.05 Å². The summed E-state index contributed by atoms with van der Waals surface area (Å²) in [5.41, 5.74) is 2.77. The van der Waals surface area contributed by atoms with Gasteiger partial charge in [-0.1, -0.05) is 0 Å². The fourth-order valence-corrected chi connectivity index (χ4v) is 3.71. The van der Waals surface area contributed by atoms with E-state index in [1.54, 1.807) is 29.0 Å². The predicted octanol–water partition coefficient (Wildman–Crippen LogP) is 1.97. The minimum atomic E-state index is -0.947. The smallest absolute Gasteiger partial charge is 0.305 e. The van der Waals surface area contributed by atoms with Crippen molar-refractivity contribution in [2.45, 2.75) is 31.7 Å². The molecule has 0 unspecified atom stereocenters. The number of hydrogen-bond donors (Lipinski definition) is 1. The summed E-state index contributed by atoms with van der Waals surface area (Å²) in [6, 6.07) is 3.14. The Labute approximate surface area is 163 Å². The Balaban J connectivity index is 1.85. The first-order chi connectivity index (χ1) is 13.4. The summed E-state index contributed by atoms with van der Waals surface area (Å²) < 4.78 is 12.4. The van der Waals surface area contributed by atoms with Crippen LogP contribution in [-0.2, 0) is 29.5 Å². The Bertz CT molecular complexity index is 877. The molecule has 2 aromatic rings. The zero-order chi connectivity index (χ0) is 20.3. The maximum absolute atomic E-state index is 12.9. The molecule has 0 saturated carbocycles. The highest BCUT2D eigenvalue weighted by molar-refractivity contribution is 5.79. The lowest BCUT2D eigenvalue weighted by Crippen LogP contribution is -2.41. The van der Waals surface area contributed by atoms with Gasteiger partial charge >= 0.3 is 5.97 Å². The topological polar surface area (TPSA) is 93.9 Å². The Kier molecular flexibility index (Phi) is 5.87. The maximum Gasteiger partial charge on any atom is 0.305 e. The molecular formula is C20H25N3O5. The van der Waals surface area contributed by atoms with Crippen molar-refractivity contribution in [3.8, 4) is 11.5 Å². The van der Waals surface area contributed by atoms with Gasteiger partial charge in [-0.05, 0) is 41.7 Å². The number of carboxylic acids is 1. The molecule has 8 nitrogen and oxygen atoms in total. The first kappa shape index (κ1) is 19.7. The summed E-state index contributed by atoms with van der Waals surface area (Å²) in [6.07, 6.45) is 4.99. The normalized spacial score (nSPS) is 15.8. The molecule has 3 rings (SSSR count). The fraction of sp³-hybridized carbons (Fsp3) is 0.450. The van der Waals surface area contributed by atoms with Crippen LogP contribution in [0.2, 0.25) is 0 Å². The molecule has 1 aromatic carbocycles. The number of nitrogens with zero attached hydrogens (tertiary/aromatic N) is 3. The van der Waals surface area contributed by atoms with Crippen LogP contribution in [-0.4, -0.2) is 52.4 Å². The molecule has 0 radical (unpaired) electrons. The maximum atomic E-state index is 12.9. The number of aromatic nitrogens is 2. The van der Waals surface area contributed by atoms with Crippen LogP contribution in [0, 0.1) is 0 Å². The van der Waals surface area contributed by atoms with Crippen LogP contribution in [0.5, 0.6) is 11.5 Å². The van der Waals surface area contributed by atoms with E-state index in [-0.39, 0.29) is 12.3 Å². The van der Waals surface area contributed by atoms with Gasteiger partial charge in [0.05, 0.1) is 32.9 Å². The van der Waals surface area contributed by atoms with E-state index >= 15 is 0 Å². The molecule has 0 spiro atoms. The summed E-state index contributed by atoms with van der Waals surface area (Å²) >= 11 is 0. The molecule has 1 amide bonds. The first-order valence-electron chi connectivity index (χ1n) is 9.16. The van der Waals surface area contributed by atoms with Gasteiger partial charge in [0.2, 0.25) is 5.91 Å².